The van der Waals surface area contributed by atoms with E-state index in [4.69, 9.17) is 11.6 Å². The van der Waals surface area contributed by atoms with Crippen molar-refractivity contribution in [1.29, 1.82) is 0 Å². The van der Waals surface area contributed by atoms with Gasteiger partial charge in [0.2, 0.25) is 0 Å². The van der Waals surface area contributed by atoms with Gasteiger partial charge in [-0.05, 0) is 60.8 Å². The van der Waals surface area contributed by atoms with E-state index in [0.717, 1.165) is 27.7 Å². The van der Waals surface area contributed by atoms with E-state index < -0.39 is 0 Å². The van der Waals surface area contributed by atoms with Crippen LogP contribution in [0.15, 0.2) is 40.9 Å². The van der Waals surface area contributed by atoms with Crippen LogP contribution < -0.4 is 5.32 Å². The topological polar surface area (TPSA) is 12.0 Å². The highest BCUT2D eigenvalue weighted by molar-refractivity contribution is 9.10. The molecule has 0 bridgehead atoms. The van der Waals surface area contributed by atoms with E-state index in [2.05, 4.69) is 28.2 Å². The van der Waals surface area contributed by atoms with E-state index in [9.17, 15) is 4.39 Å². The predicted octanol–water partition coefficient (Wildman–Crippen LogP) is 5.44. The van der Waals surface area contributed by atoms with Crippen molar-refractivity contribution in [2.24, 2.45) is 0 Å². The maximum atomic E-state index is 13.5. The smallest absolute Gasteiger partial charge is 0.123 e. The summed E-state index contributed by atoms with van der Waals surface area (Å²) < 4.78 is 14.4. The van der Waals surface area contributed by atoms with Gasteiger partial charge in [0.25, 0.3) is 0 Å². The molecule has 112 valence electrons. The number of hydrogen-bond donors (Lipinski definition) is 1. The van der Waals surface area contributed by atoms with E-state index in [1.165, 1.54) is 6.07 Å². The van der Waals surface area contributed by atoms with Gasteiger partial charge >= 0.3 is 0 Å². The van der Waals surface area contributed by atoms with Crippen LogP contribution in [0.3, 0.4) is 0 Å². The van der Waals surface area contributed by atoms with Crippen molar-refractivity contribution >= 4 is 27.5 Å². The number of likely N-dealkylation sites (N-methyl/N-ethyl adjacent to an activating group) is 1. The summed E-state index contributed by atoms with van der Waals surface area (Å²) in [6.45, 7) is 4.88. The highest BCUT2D eigenvalue weighted by atomic mass is 79.9. The van der Waals surface area contributed by atoms with Gasteiger partial charge in [0.15, 0.2) is 0 Å². The molecule has 1 atom stereocenters. The van der Waals surface area contributed by atoms with E-state index in [0.29, 0.717) is 11.4 Å². The fraction of sp³-hybridized carbons (Fsp3) is 0.294. The van der Waals surface area contributed by atoms with E-state index in [-0.39, 0.29) is 11.9 Å². The first-order valence-electron chi connectivity index (χ1n) is 6.94. The molecular formula is C17H18BrClFN. The fourth-order valence-electron chi connectivity index (χ4n) is 2.40. The lowest BCUT2D eigenvalue weighted by Gasteiger charge is -2.21. The molecule has 0 radical (unpaired) electrons. The van der Waals surface area contributed by atoms with Gasteiger partial charge in [-0.25, -0.2) is 4.39 Å². The third kappa shape index (κ3) is 4.29. The molecule has 0 saturated heterocycles. The van der Waals surface area contributed by atoms with Crippen LogP contribution in [0.1, 0.15) is 29.7 Å². The second kappa shape index (κ2) is 7.39. The molecule has 1 unspecified atom stereocenters. The Morgan fingerprint density at radius 1 is 1.24 bits per heavy atom. The second-order valence-electron chi connectivity index (χ2n) is 5.05. The van der Waals surface area contributed by atoms with Gasteiger partial charge in [0, 0.05) is 15.5 Å². The summed E-state index contributed by atoms with van der Waals surface area (Å²) in [5.74, 6) is -0.201. The molecule has 1 N–H and O–H groups in total. The summed E-state index contributed by atoms with van der Waals surface area (Å²) in [5, 5.41) is 4.14. The third-order valence-corrected chi connectivity index (χ3v) is 4.34. The molecule has 0 fully saturated rings. The fourth-order valence-corrected chi connectivity index (χ4v) is 3.21. The molecule has 0 saturated carbocycles. The highest BCUT2D eigenvalue weighted by Crippen LogP contribution is 2.29. The lowest BCUT2D eigenvalue weighted by molar-refractivity contribution is 0.545. The largest absolute Gasteiger partial charge is 0.310 e. The molecule has 0 spiro atoms. The average Bonchev–Trinajstić information content (AvgIpc) is 2.42. The minimum absolute atomic E-state index is 0.0658. The Hall–Kier alpha value is -0.900. The molecule has 0 aliphatic carbocycles. The molecule has 0 aromatic heterocycles. The van der Waals surface area contributed by atoms with Crippen molar-refractivity contribution in [1.82, 2.24) is 5.32 Å². The molecule has 4 heteroatoms. The van der Waals surface area contributed by atoms with Crippen LogP contribution in [0.2, 0.25) is 5.02 Å². The SMILES string of the molecule is CCNC(Cc1cc(F)ccc1C)c1ccc(Br)cc1Cl. The molecule has 0 amide bonds. The van der Waals surface area contributed by atoms with Crippen molar-refractivity contribution in [2.45, 2.75) is 26.3 Å². The van der Waals surface area contributed by atoms with Crippen LogP contribution in [-0.2, 0) is 6.42 Å². The molecule has 0 heterocycles. The Morgan fingerprint density at radius 2 is 2.00 bits per heavy atom. The molecule has 1 nitrogen and oxygen atoms in total. The van der Waals surface area contributed by atoms with Gasteiger partial charge in [-0.2, -0.15) is 0 Å². The zero-order chi connectivity index (χ0) is 15.4. The van der Waals surface area contributed by atoms with Gasteiger partial charge in [-0.15, -0.1) is 0 Å². The zero-order valence-corrected chi connectivity index (χ0v) is 14.4. The van der Waals surface area contributed by atoms with Crippen LogP contribution in [0, 0.1) is 12.7 Å². The Morgan fingerprint density at radius 3 is 2.67 bits per heavy atom. The summed E-state index contributed by atoms with van der Waals surface area (Å²) in [6.07, 6.45) is 0.707. The zero-order valence-electron chi connectivity index (χ0n) is 12.1. The summed E-state index contributed by atoms with van der Waals surface area (Å²) in [6, 6.07) is 10.9. The number of nitrogens with one attached hydrogen (secondary N) is 1. The maximum Gasteiger partial charge on any atom is 0.123 e. The van der Waals surface area contributed by atoms with E-state index >= 15 is 0 Å². The van der Waals surface area contributed by atoms with Crippen LogP contribution in [0.5, 0.6) is 0 Å². The van der Waals surface area contributed by atoms with Gasteiger partial charge < -0.3 is 5.32 Å². The number of hydrogen-bond acceptors (Lipinski definition) is 1. The summed E-state index contributed by atoms with van der Waals surface area (Å²) >= 11 is 9.77. The summed E-state index contributed by atoms with van der Waals surface area (Å²) in [5.41, 5.74) is 3.12. The van der Waals surface area contributed by atoms with Crippen LogP contribution in [-0.4, -0.2) is 6.54 Å². The molecule has 0 aliphatic rings. The standard InChI is InChI=1S/C17H18BrClFN/c1-3-21-17(15-7-5-13(18)10-16(15)19)9-12-8-14(20)6-4-11(12)2/h4-8,10,17,21H,3,9H2,1-2H3. The van der Waals surface area contributed by atoms with Crippen molar-refractivity contribution in [3.63, 3.8) is 0 Å². The van der Waals surface area contributed by atoms with Crippen molar-refractivity contribution in [2.75, 3.05) is 6.54 Å². The van der Waals surface area contributed by atoms with E-state index in [1.54, 1.807) is 6.07 Å². The Labute approximate surface area is 138 Å². The minimum atomic E-state index is -0.201. The minimum Gasteiger partial charge on any atom is -0.310 e. The second-order valence-corrected chi connectivity index (χ2v) is 6.37. The first-order valence-corrected chi connectivity index (χ1v) is 8.11. The van der Waals surface area contributed by atoms with Crippen LogP contribution in [0.4, 0.5) is 4.39 Å². The number of aryl methyl sites for hydroxylation is 1. The molecule has 2 aromatic carbocycles. The van der Waals surface area contributed by atoms with E-state index in [1.807, 2.05) is 31.2 Å². The Kier molecular flexibility index (Phi) is 5.80. The van der Waals surface area contributed by atoms with Crippen molar-refractivity contribution in [3.8, 4) is 0 Å². The third-order valence-electron chi connectivity index (χ3n) is 3.52. The van der Waals surface area contributed by atoms with Crippen LogP contribution in [0.25, 0.3) is 0 Å². The number of halogens is 3. The van der Waals surface area contributed by atoms with Gasteiger partial charge in [0.1, 0.15) is 5.82 Å². The van der Waals surface area contributed by atoms with Gasteiger partial charge in [0.05, 0.1) is 0 Å². The molecular weight excluding hydrogens is 353 g/mol. The molecule has 2 rings (SSSR count). The highest BCUT2D eigenvalue weighted by Gasteiger charge is 2.16. The van der Waals surface area contributed by atoms with Crippen molar-refractivity contribution < 1.29 is 4.39 Å². The quantitative estimate of drug-likeness (QED) is 0.738. The Balaban J connectivity index is 2.32. The maximum absolute atomic E-state index is 13.5. The molecule has 21 heavy (non-hydrogen) atoms. The number of benzene rings is 2. The average molecular weight is 371 g/mol. The molecule has 2 aromatic rings. The Bertz CT molecular complexity index is 630. The van der Waals surface area contributed by atoms with Gasteiger partial charge in [-0.3, -0.25) is 0 Å². The lowest BCUT2D eigenvalue weighted by atomic mass is 9.96. The summed E-state index contributed by atoms with van der Waals surface area (Å²) in [7, 11) is 0. The van der Waals surface area contributed by atoms with Gasteiger partial charge in [-0.1, -0.05) is 46.6 Å². The normalized spacial score (nSPS) is 12.4. The summed E-state index contributed by atoms with van der Waals surface area (Å²) in [4.78, 5) is 0. The monoisotopic (exact) mass is 369 g/mol. The lowest BCUT2D eigenvalue weighted by Crippen LogP contribution is -2.23. The number of rotatable bonds is 5. The van der Waals surface area contributed by atoms with Crippen molar-refractivity contribution in [3.05, 3.63) is 68.4 Å². The molecule has 0 aliphatic heterocycles. The van der Waals surface area contributed by atoms with Crippen LogP contribution >= 0.6 is 27.5 Å². The first-order chi connectivity index (χ1) is 10.0. The first kappa shape index (κ1) is 16.5. The predicted molar refractivity (Wildman–Crippen MR) is 90.4 cm³/mol.